The molecule has 2 aliphatic rings. The topological polar surface area (TPSA) is 50.4 Å². The number of halogens is 1. The summed E-state index contributed by atoms with van der Waals surface area (Å²) in [6.45, 7) is 2.90. The molecule has 0 fully saturated rings. The van der Waals surface area contributed by atoms with E-state index in [1.54, 1.807) is 0 Å². The van der Waals surface area contributed by atoms with Gasteiger partial charge in [-0.2, -0.15) is 0 Å². The molecule has 2 heterocycles. The second kappa shape index (κ2) is 7.24. The van der Waals surface area contributed by atoms with E-state index in [0.717, 1.165) is 36.4 Å². The number of rotatable bonds is 3. The fourth-order valence-corrected chi connectivity index (χ4v) is 3.29. The lowest BCUT2D eigenvalue weighted by Gasteiger charge is -2.24. The molecule has 5 heteroatoms. The van der Waals surface area contributed by atoms with Crippen LogP contribution in [0, 0.1) is 5.92 Å². The van der Waals surface area contributed by atoms with Crippen molar-refractivity contribution in [2.24, 2.45) is 5.92 Å². The van der Waals surface area contributed by atoms with E-state index >= 15 is 0 Å². The van der Waals surface area contributed by atoms with E-state index in [-0.39, 0.29) is 24.2 Å². The van der Waals surface area contributed by atoms with Gasteiger partial charge in [-0.3, -0.25) is 4.79 Å². The summed E-state index contributed by atoms with van der Waals surface area (Å²) in [5.41, 5.74) is 4.96. The van der Waals surface area contributed by atoms with Crippen LogP contribution in [0.5, 0.6) is 5.75 Å². The summed E-state index contributed by atoms with van der Waals surface area (Å²) in [5.74, 6) is 0.863. The smallest absolute Gasteiger partial charge is 0.227 e. The monoisotopic (exact) mass is 344 g/mol. The average Bonchev–Trinajstić information content (AvgIpc) is 3.07. The first-order valence-corrected chi connectivity index (χ1v) is 8.09. The first kappa shape index (κ1) is 16.8. The van der Waals surface area contributed by atoms with Crippen molar-refractivity contribution in [3.05, 3.63) is 64.7 Å². The maximum absolute atomic E-state index is 12.4. The van der Waals surface area contributed by atoms with E-state index in [0.29, 0.717) is 13.2 Å². The summed E-state index contributed by atoms with van der Waals surface area (Å²) >= 11 is 0. The molecule has 2 aliphatic heterocycles. The van der Waals surface area contributed by atoms with E-state index in [2.05, 4.69) is 28.8 Å². The fourth-order valence-electron chi connectivity index (χ4n) is 3.29. The molecule has 1 atom stereocenters. The van der Waals surface area contributed by atoms with Gasteiger partial charge in [-0.05, 0) is 34.7 Å². The van der Waals surface area contributed by atoms with Gasteiger partial charge < -0.3 is 15.4 Å². The van der Waals surface area contributed by atoms with Gasteiger partial charge in [-0.1, -0.05) is 36.4 Å². The van der Waals surface area contributed by atoms with Gasteiger partial charge in [0.1, 0.15) is 12.4 Å². The van der Waals surface area contributed by atoms with Gasteiger partial charge in [0, 0.05) is 19.6 Å². The van der Waals surface area contributed by atoms with Crippen molar-refractivity contribution >= 4 is 18.3 Å². The van der Waals surface area contributed by atoms with Crippen molar-refractivity contribution in [2.75, 3.05) is 6.61 Å². The highest BCUT2D eigenvalue weighted by Crippen LogP contribution is 2.27. The Kier molecular flexibility index (Phi) is 5.07. The predicted molar refractivity (Wildman–Crippen MR) is 95.2 cm³/mol. The Hall–Kier alpha value is -2.04. The van der Waals surface area contributed by atoms with Crippen LogP contribution in [0.15, 0.2) is 42.5 Å². The van der Waals surface area contributed by atoms with Gasteiger partial charge in [0.25, 0.3) is 0 Å². The Morgan fingerprint density at radius 1 is 1.12 bits per heavy atom. The first-order valence-electron chi connectivity index (χ1n) is 8.09. The number of hydrogen-bond acceptors (Lipinski definition) is 3. The normalized spacial score (nSPS) is 17.9. The molecule has 24 heavy (non-hydrogen) atoms. The first-order chi connectivity index (χ1) is 11.3. The molecule has 0 radical (unpaired) electrons. The molecule has 0 aliphatic carbocycles. The quantitative estimate of drug-likeness (QED) is 0.899. The molecule has 1 amide bonds. The molecule has 0 aromatic heterocycles. The molecule has 126 valence electrons. The number of amides is 1. The van der Waals surface area contributed by atoms with Crippen LogP contribution in [0.4, 0.5) is 0 Å². The van der Waals surface area contributed by atoms with Crippen molar-refractivity contribution in [1.29, 1.82) is 0 Å². The molecule has 0 spiro atoms. The zero-order valence-electron chi connectivity index (χ0n) is 13.4. The highest BCUT2D eigenvalue weighted by Gasteiger charge is 2.25. The zero-order chi connectivity index (χ0) is 15.6. The molecular formula is C19H21ClN2O2. The second-order valence-corrected chi connectivity index (χ2v) is 6.24. The Balaban J connectivity index is 0.00000169. The van der Waals surface area contributed by atoms with Crippen LogP contribution >= 0.6 is 12.4 Å². The van der Waals surface area contributed by atoms with Gasteiger partial charge in [-0.25, -0.2) is 0 Å². The lowest BCUT2D eigenvalue weighted by Crippen LogP contribution is -2.37. The largest absolute Gasteiger partial charge is 0.492 e. The van der Waals surface area contributed by atoms with Gasteiger partial charge >= 0.3 is 0 Å². The summed E-state index contributed by atoms with van der Waals surface area (Å²) < 4.78 is 5.70. The van der Waals surface area contributed by atoms with E-state index in [1.165, 1.54) is 11.1 Å². The summed E-state index contributed by atoms with van der Waals surface area (Å²) in [4.78, 5) is 12.4. The molecule has 2 N–H and O–H groups in total. The van der Waals surface area contributed by atoms with Crippen molar-refractivity contribution in [1.82, 2.24) is 10.6 Å². The third-order valence-corrected chi connectivity index (χ3v) is 4.62. The maximum atomic E-state index is 12.4. The Labute approximate surface area is 148 Å². The highest BCUT2D eigenvalue weighted by atomic mass is 35.5. The van der Waals surface area contributed by atoms with Crippen LogP contribution in [0.3, 0.4) is 0 Å². The molecule has 0 bridgehead atoms. The summed E-state index contributed by atoms with van der Waals surface area (Å²) in [5, 5.41) is 6.39. The van der Waals surface area contributed by atoms with E-state index < -0.39 is 0 Å². The van der Waals surface area contributed by atoms with Gasteiger partial charge in [0.15, 0.2) is 0 Å². The number of hydrogen-bond donors (Lipinski definition) is 2. The van der Waals surface area contributed by atoms with Crippen molar-refractivity contribution < 1.29 is 9.53 Å². The standard InChI is InChI=1S/C19H20N2O2.ClH/c22-19(17-8-14-3-1-2-4-18(14)23-12-17)21-9-13-5-6-15-10-20-11-16(15)7-13;/h1-7,17,20H,8-12H2,(H,21,22);1H. The number of ether oxygens (including phenoxy) is 1. The molecule has 2 aromatic carbocycles. The number of nitrogens with one attached hydrogen (secondary N) is 2. The molecule has 4 rings (SSSR count). The van der Waals surface area contributed by atoms with Crippen molar-refractivity contribution in [3.8, 4) is 5.75 Å². The third kappa shape index (κ3) is 3.40. The fraction of sp³-hybridized carbons (Fsp3) is 0.316. The number of para-hydroxylation sites is 1. The summed E-state index contributed by atoms with van der Waals surface area (Å²) in [6.07, 6.45) is 0.746. The number of carbonyl (C=O) groups is 1. The minimum Gasteiger partial charge on any atom is -0.492 e. The SMILES string of the molecule is Cl.O=C(NCc1ccc2c(c1)CNC2)C1COc2ccccc2C1. The molecule has 1 unspecified atom stereocenters. The molecule has 2 aromatic rings. The minimum atomic E-state index is -0.110. The number of benzene rings is 2. The van der Waals surface area contributed by atoms with E-state index in [4.69, 9.17) is 4.74 Å². The Bertz CT molecular complexity index is 748. The van der Waals surface area contributed by atoms with Crippen LogP contribution in [0.1, 0.15) is 22.3 Å². The highest BCUT2D eigenvalue weighted by molar-refractivity contribution is 5.85. The Morgan fingerprint density at radius 3 is 2.88 bits per heavy atom. The van der Waals surface area contributed by atoms with Crippen LogP contribution in [0.25, 0.3) is 0 Å². The number of carbonyl (C=O) groups excluding carboxylic acids is 1. The van der Waals surface area contributed by atoms with Crippen molar-refractivity contribution in [3.63, 3.8) is 0 Å². The minimum absolute atomic E-state index is 0. The van der Waals surface area contributed by atoms with Gasteiger partial charge in [-0.15, -0.1) is 12.4 Å². The van der Waals surface area contributed by atoms with E-state index in [1.807, 2.05) is 24.3 Å². The zero-order valence-corrected chi connectivity index (χ0v) is 14.2. The van der Waals surface area contributed by atoms with Gasteiger partial charge in [0.2, 0.25) is 5.91 Å². The second-order valence-electron chi connectivity index (χ2n) is 6.24. The molecular weight excluding hydrogens is 324 g/mol. The van der Waals surface area contributed by atoms with Gasteiger partial charge in [0.05, 0.1) is 5.92 Å². The summed E-state index contributed by atoms with van der Waals surface area (Å²) in [6, 6.07) is 14.4. The van der Waals surface area contributed by atoms with Crippen LogP contribution < -0.4 is 15.4 Å². The third-order valence-electron chi connectivity index (χ3n) is 4.62. The van der Waals surface area contributed by atoms with E-state index in [9.17, 15) is 4.79 Å². The Morgan fingerprint density at radius 2 is 1.96 bits per heavy atom. The predicted octanol–water partition coefficient (Wildman–Crippen LogP) is 2.58. The molecule has 4 nitrogen and oxygen atoms in total. The average molecular weight is 345 g/mol. The maximum Gasteiger partial charge on any atom is 0.227 e. The summed E-state index contributed by atoms with van der Waals surface area (Å²) in [7, 11) is 0. The lowest BCUT2D eigenvalue weighted by atomic mass is 9.96. The molecule has 0 saturated heterocycles. The molecule has 0 saturated carbocycles. The van der Waals surface area contributed by atoms with Crippen molar-refractivity contribution in [2.45, 2.75) is 26.1 Å². The van der Waals surface area contributed by atoms with Crippen LogP contribution in [-0.4, -0.2) is 12.5 Å². The number of fused-ring (bicyclic) bond motifs is 2. The lowest BCUT2D eigenvalue weighted by molar-refractivity contribution is -0.126. The van der Waals surface area contributed by atoms with Crippen LogP contribution in [-0.2, 0) is 30.8 Å². The van der Waals surface area contributed by atoms with Crippen LogP contribution in [0.2, 0.25) is 0 Å².